The van der Waals surface area contributed by atoms with Crippen molar-refractivity contribution in [2.75, 3.05) is 33.4 Å². The minimum absolute atomic E-state index is 0.0797. The Morgan fingerprint density at radius 3 is 2.60 bits per heavy atom. The van der Waals surface area contributed by atoms with Crippen LogP contribution >= 0.6 is 22.9 Å². The zero-order valence-electron chi connectivity index (χ0n) is 19.0. The molecule has 0 saturated carbocycles. The van der Waals surface area contributed by atoms with Gasteiger partial charge in [-0.05, 0) is 42.7 Å². The SMILES string of the molecule is COC(=O)N1CCN(S(=O)(=O)c2ccc(-c3ccc(Cl)cc3)s2)[C@@H](C(=O)NOC2CCCCO2)C1. The fourth-order valence-electron chi connectivity index (χ4n) is 3.90. The van der Waals surface area contributed by atoms with E-state index in [9.17, 15) is 18.0 Å². The van der Waals surface area contributed by atoms with E-state index in [0.717, 1.165) is 38.9 Å². The highest BCUT2D eigenvalue weighted by molar-refractivity contribution is 7.91. The van der Waals surface area contributed by atoms with Crippen LogP contribution in [0.25, 0.3) is 10.4 Å². The number of sulfonamides is 1. The zero-order valence-corrected chi connectivity index (χ0v) is 21.4. The molecular weight excluding hydrogens is 518 g/mol. The smallest absolute Gasteiger partial charge is 0.409 e. The molecule has 1 N–H and O–H groups in total. The van der Waals surface area contributed by atoms with Gasteiger partial charge >= 0.3 is 6.09 Å². The normalized spacial score (nSPS) is 21.5. The molecule has 2 aromatic rings. The van der Waals surface area contributed by atoms with Crippen molar-refractivity contribution in [1.82, 2.24) is 14.7 Å². The third-order valence-electron chi connectivity index (χ3n) is 5.77. The maximum Gasteiger partial charge on any atom is 0.409 e. The number of benzene rings is 1. The number of hydroxylamine groups is 1. The average molecular weight is 544 g/mol. The maximum absolute atomic E-state index is 13.6. The van der Waals surface area contributed by atoms with Gasteiger partial charge in [-0.15, -0.1) is 11.3 Å². The van der Waals surface area contributed by atoms with Crippen LogP contribution in [0.15, 0.2) is 40.6 Å². The Hall–Kier alpha value is -2.22. The summed E-state index contributed by atoms with van der Waals surface area (Å²) in [5, 5.41) is 0.580. The van der Waals surface area contributed by atoms with Gasteiger partial charge in [-0.3, -0.25) is 4.79 Å². The first kappa shape index (κ1) is 25.9. The number of carbonyl (C=O) groups excluding carboxylic acids is 2. The highest BCUT2D eigenvalue weighted by atomic mass is 35.5. The van der Waals surface area contributed by atoms with Crippen LogP contribution < -0.4 is 5.48 Å². The van der Waals surface area contributed by atoms with Crippen LogP contribution in [0.3, 0.4) is 0 Å². The third kappa shape index (κ3) is 5.96. The van der Waals surface area contributed by atoms with Crippen LogP contribution in [-0.4, -0.2) is 75.3 Å². The van der Waals surface area contributed by atoms with E-state index < -0.39 is 34.4 Å². The van der Waals surface area contributed by atoms with E-state index in [1.165, 1.54) is 18.1 Å². The molecule has 2 fully saturated rings. The number of thiophene rings is 1. The fraction of sp³-hybridized carbons (Fsp3) is 0.455. The Morgan fingerprint density at radius 2 is 1.91 bits per heavy atom. The molecule has 1 aromatic heterocycles. The van der Waals surface area contributed by atoms with Gasteiger partial charge in [-0.1, -0.05) is 23.7 Å². The molecule has 0 spiro atoms. The number of nitrogens with zero attached hydrogens (tertiary/aromatic N) is 2. The highest BCUT2D eigenvalue weighted by Crippen LogP contribution is 2.34. The van der Waals surface area contributed by atoms with Gasteiger partial charge in [0.25, 0.3) is 15.9 Å². The van der Waals surface area contributed by atoms with Crippen LogP contribution in [0.2, 0.25) is 5.02 Å². The number of hydrogen-bond acceptors (Lipinski definition) is 8. The topological polar surface area (TPSA) is 114 Å². The first-order chi connectivity index (χ1) is 16.8. The molecule has 1 unspecified atom stereocenters. The Bertz CT molecular complexity index is 1150. The van der Waals surface area contributed by atoms with Gasteiger partial charge in [0, 0.05) is 42.6 Å². The minimum atomic E-state index is -4.05. The summed E-state index contributed by atoms with van der Waals surface area (Å²) in [6.45, 7) is 0.346. The molecule has 35 heavy (non-hydrogen) atoms. The molecule has 13 heteroatoms. The lowest BCUT2D eigenvalue weighted by molar-refractivity contribution is -0.202. The summed E-state index contributed by atoms with van der Waals surface area (Å²) >= 11 is 7.04. The molecule has 2 aliphatic heterocycles. The number of amides is 2. The molecule has 2 aliphatic rings. The maximum atomic E-state index is 13.6. The second-order valence-electron chi connectivity index (χ2n) is 8.05. The number of halogens is 1. The van der Waals surface area contributed by atoms with Gasteiger partial charge in [0.15, 0.2) is 6.29 Å². The highest BCUT2D eigenvalue weighted by Gasteiger charge is 2.42. The van der Waals surface area contributed by atoms with Crippen LogP contribution in [0, 0.1) is 0 Å². The Morgan fingerprint density at radius 1 is 1.14 bits per heavy atom. The predicted molar refractivity (Wildman–Crippen MR) is 129 cm³/mol. The van der Waals surface area contributed by atoms with Gasteiger partial charge < -0.3 is 14.4 Å². The lowest BCUT2D eigenvalue weighted by atomic mass is 10.2. The summed E-state index contributed by atoms with van der Waals surface area (Å²) in [6, 6.07) is 9.08. The Labute approximate surface area is 212 Å². The van der Waals surface area contributed by atoms with E-state index in [2.05, 4.69) is 5.48 Å². The molecule has 1 aromatic carbocycles. The molecule has 190 valence electrons. The van der Waals surface area contributed by atoms with E-state index in [0.29, 0.717) is 18.1 Å². The molecule has 2 amide bonds. The summed E-state index contributed by atoms with van der Waals surface area (Å²) in [6.07, 6.45) is 1.18. The number of ether oxygens (including phenoxy) is 2. The third-order valence-corrected chi connectivity index (χ3v) is 9.53. The van der Waals surface area contributed by atoms with Crippen LogP contribution in [0.5, 0.6) is 0 Å². The van der Waals surface area contributed by atoms with Gasteiger partial charge in [-0.25, -0.2) is 23.5 Å². The van der Waals surface area contributed by atoms with E-state index >= 15 is 0 Å². The van der Waals surface area contributed by atoms with Gasteiger partial charge in [0.2, 0.25) is 0 Å². The van der Waals surface area contributed by atoms with Gasteiger partial charge in [-0.2, -0.15) is 4.31 Å². The first-order valence-electron chi connectivity index (χ1n) is 11.1. The van der Waals surface area contributed by atoms with Crippen LogP contribution in [0.4, 0.5) is 4.79 Å². The fourth-order valence-corrected chi connectivity index (χ4v) is 7.04. The number of carbonyl (C=O) groups is 2. The van der Waals surface area contributed by atoms with E-state index in [1.807, 2.05) is 0 Å². The minimum Gasteiger partial charge on any atom is -0.453 e. The molecule has 2 atom stereocenters. The number of nitrogens with one attached hydrogen (secondary N) is 1. The molecule has 3 heterocycles. The number of piperazine rings is 1. The lowest BCUT2D eigenvalue weighted by Gasteiger charge is -2.38. The molecule has 10 nitrogen and oxygen atoms in total. The molecular formula is C22H26ClN3O7S2. The van der Waals surface area contributed by atoms with E-state index in [4.69, 9.17) is 25.9 Å². The van der Waals surface area contributed by atoms with Crippen molar-refractivity contribution >= 4 is 45.0 Å². The molecule has 0 bridgehead atoms. The molecule has 2 saturated heterocycles. The molecule has 0 radical (unpaired) electrons. The largest absolute Gasteiger partial charge is 0.453 e. The Balaban J connectivity index is 1.55. The summed E-state index contributed by atoms with van der Waals surface area (Å²) < 4.78 is 38.6. The lowest BCUT2D eigenvalue weighted by Crippen LogP contribution is -2.61. The van der Waals surface area contributed by atoms with Crippen molar-refractivity contribution in [3.8, 4) is 10.4 Å². The van der Waals surface area contributed by atoms with Crippen molar-refractivity contribution < 1.29 is 32.3 Å². The monoisotopic (exact) mass is 543 g/mol. The zero-order chi connectivity index (χ0) is 25.0. The van der Waals surface area contributed by atoms with Crippen molar-refractivity contribution in [3.63, 3.8) is 0 Å². The van der Waals surface area contributed by atoms with Crippen molar-refractivity contribution in [2.24, 2.45) is 0 Å². The number of hydrogen-bond donors (Lipinski definition) is 1. The summed E-state index contributed by atoms with van der Waals surface area (Å²) in [5.41, 5.74) is 3.16. The second-order valence-corrected chi connectivity index (χ2v) is 11.7. The van der Waals surface area contributed by atoms with Crippen LogP contribution in [0.1, 0.15) is 19.3 Å². The summed E-state index contributed by atoms with van der Waals surface area (Å²) in [4.78, 5) is 32.6. The second kappa shape index (κ2) is 11.2. The number of methoxy groups -OCH3 is 1. The average Bonchev–Trinajstić information content (AvgIpc) is 3.39. The predicted octanol–water partition coefficient (Wildman–Crippen LogP) is 3.08. The Kier molecular flexibility index (Phi) is 8.30. The first-order valence-corrected chi connectivity index (χ1v) is 13.7. The molecule has 0 aliphatic carbocycles. The van der Waals surface area contributed by atoms with E-state index in [-0.39, 0.29) is 23.8 Å². The van der Waals surface area contributed by atoms with Crippen LogP contribution in [-0.2, 0) is 29.1 Å². The van der Waals surface area contributed by atoms with Gasteiger partial charge in [0.1, 0.15) is 10.3 Å². The van der Waals surface area contributed by atoms with Crippen molar-refractivity contribution in [1.29, 1.82) is 0 Å². The van der Waals surface area contributed by atoms with Crippen molar-refractivity contribution in [2.45, 2.75) is 35.8 Å². The summed E-state index contributed by atoms with van der Waals surface area (Å²) in [5.74, 6) is -0.689. The van der Waals surface area contributed by atoms with Gasteiger partial charge in [0.05, 0.1) is 7.11 Å². The standard InChI is InChI=1S/C22H26ClN3O7S2/c1-31-22(28)25-11-12-26(17(14-25)21(27)24-33-19-4-2-3-13-32-19)35(29,30)20-10-9-18(34-20)15-5-7-16(23)8-6-15/h5-10,17,19H,2-4,11-14H2,1H3,(H,24,27)/t17-,19?/m1/s1. The number of rotatable bonds is 6. The summed E-state index contributed by atoms with van der Waals surface area (Å²) in [7, 11) is -2.82. The van der Waals surface area contributed by atoms with Crippen molar-refractivity contribution in [3.05, 3.63) is 41.4 Å². The quantitative estimate of drug-likeness (QED) is 0.557. The van der Waals surface area contributed by atoms with E-state index in [1.54, 1.807) is 30.3 Å². The molecule has 4 rings (SSSR count).